The van der Waals surface area contributed by atoms with Crippen molar-refractivity contribution >= 4 is 63.2 Å². The Labute approximate surface area is 564 Å². The third kappa shape index (κ3) is 18.0. The Hall–Kier alpha value is -7.27. The summed E-state index contributed by atoms with van der Waals surface area (Å²) in [4.78, 5) is 8.10. The zero-order chi connectivity index (χ0) is 75.7. The molecule has 7 aromatic carbocycles. The fourth-order valence-electron chi connectivity index (χ4n) is 10.5. The van der Waals surface area contributed by atoms with Crippen LogP contribution in [0.5, 0.6) is 5.75 Å². The number of halogens is 30. The number of aromatic amines is 1. The van der Waals surface area contributed by atoms with E-state index >= 15 is 0 Å². The number of nitrogens with one attached hydrogen (secondary N) is 1. The van der Waals surface area contributed by atoms with Gasteiger partial charge in [-0.3, -0.25) is 0 Å². The van der Waals surface area contributed by atoms with E-state index in [1.54, 1.807) is 0 Å². The number of hydrogen-bond donors (Lipinski definition) is 1. The molecule has 8 aromatic rings. The molecule has 0 saturated carbocycles. The topological polar surface area (TPSA) is 37.9 Å². The van der Waals surface area contributed by atoms with Gasteiger partial charge in [-0.2, -0.15) is 0 Å². The molecule has 36 heteroatoms. The van der Waals surface area contributed by atoms with Crippen LogP contribution < -0.4 is 31.0 Å². The van der Waals surface area contributed by atoms with Crippen LogP contribution in [0.1, 0.15) is 109 Å². The van der Waals surface area contributed by atoms with Crippen molar-refractivity contribution < 1.29 is 136 Å². The molecule has 0 bridgehead atoms. The summed E-state index contributed by atoms with van der Waals surface area (Å²) in [6.07, 6.45) is 24.1. The maximum absolute atomic E-state index is 14.4. The minimum atomic E-state index is -5.96. The van der Waals surface area contributed by atoms with Crippen molar-refractivity contribution in [1.29, 1.82) is 0 Å². The summed E-state index contributed by atoms with van der Waals surface area (Å²) in [5, 5.41) is 0. The lowest BCUT2D eigenvalue weighted by Crippen LogP contribution is -2.60. The van der Waals surface area contributed by atoms with Crippen molar-refractivity contribution in [3.05, 3.63) is 211 Å². The molecule has 1 heterocycles. The molecule has 1 aromatic heterocycles. The van der Waals surface area contributed by atoms with Crippen molar-refractivity contribution in [1.82, 2.24) is 9.97 Å². The van der Waals surface area contributed by atoms with Crippen molar-refractivity contribution in [3.8, 4) is 17.0 Å². The summed E-state index contributed by atoms with van der Waals surface area (Å²) >= 11 is -11.9. The van der Waals surface area contributed by atoms with Gasteiger partial charge >= 0.3 is 28.3 Å². The smallest absolute Gasteiger partial charge is 0.413 e. The van der Waals surface area contributed by atoms with Gasteiger partial charge in [0.1, 0.15) is 11.6 Å². The van der Waals surface area contributed by atoms with Gasteiger partial charge in [-0.1, -0.05) is 96.8 Å². The number of imidazole rings is 1. The lowest BCUT2D eigenvalue weighted by molar-refractivity contribution is 0.380. The van der Waals surface area contributed by atoms with Gasteiger partial charge in [-0.05, 0) is 82.4 Å². The second kappa shape index (κ2) is 35.3. The van der Waals surface area contributed by atoms with E-state index in [1.165, 1.54) is 102 Å². The maximum atomic E-state index is 14.4. The van der Waals surface area contributed by atoms with Crippen LogP contribution in [-0.4, -0.2) is 46.6 Å². The van der Waals surface area contributed by atoms with Crippen LogP contribution in [0.3, 0.4) is 0 Å². The van der Waals surface area contributed by atoms with Crippen LogP contribution in [0.2, 0.25) is 19.6 Å². The molecule has 546 valence electrons. The van der Waals surface area contributed by atoms with E-state index in [9.17, 15) is 132 Å². The standard InChI is InChI=1S/C29H50N2OSi.6C6F5.2Al/c1-5-6-7-8-9-10-11-12-13-14-15-16-17-18-19-20-29-30-25-28(31-29)26-21-23-27(24-22-26)32-33(2,3)4;6*7-2-1-3(8)5(10)6(11)4(2)9;;/h21-25H,5-20H2,1-4H3,(H,30,31);;;;;;;;. The predicted molar refractivity (Wildman–Crippen MR) is 313 cm³/mol. The van der Waals surface area contributed by atoms with E-state index in [4.69, 9.17) is 4.43 Å². The highest BCUT2D eigenvalue weighted by Gasteiger charge is 2.49. The fourth-order valence-corrected chi connectivity index (χ4v) is 17.6. The van der Waals surface area contributed by atoms with Gasteiger partial charge in [0.2, 0.25) is 8.32 Å². The van der Waals surface area contributed by atoms with Crippen LogP contribution in [0.4, 0.5) is 132 Å². The largest absolute Gasteiger partial charge is 0.544 e. The Balaban J connectivity index is 0.000000238. The molecule has 0 amide bonds. The third-order valence-corrected chi connectivity index (χ3v) is 22.8. The summed E-state index contributed by atoms with van der Waals surface area (Å²) in [7, 11) is -1.55. The Bertz CT molecular complexity index is 3630. The second-order valence-electron chi connectivity index (χ2n) is 23.4. The molecule has 0 aliphatic carbocycles. The van der Waals surface area contributed by atoms with E-state index < -0.39 is 238 Å². The van der Waals surface area contributed by atoms with Crippen molar-refractivity contribution in [3.63, 3.8) is 0 Å². The van der Waals surface area contributed by atoms with Gasteiger partial charge in [0.25, 0.3) is 0 Å². The molecule has 0 fully saturated rings. The molecule has 101 heavy (non-hydrogen) atoms. The first-order valence-corrected chi connectivity index (χ1v) is 37.1. The molecule has 0 spiro atoms. The first-order valence-electron chi connectivity index (χ1n) is 30.2. The molecule has 0 aliphatic heterocycles. The van der Waals surface area contributed by atoms with E-state index in [0.29, 0.717) is 0 Å². The molecule has 3 nitrogen and oxygen atoms in total. The first-order chi connectivity index (χ1) is 47.3. The van der Waals surface area contributed by atoms with Crippen LogP contribution in [0.25, 0.3) is 11.3 Å². The third-order valence-electron chi connectivity index (χ3n) is 15.4. The minimum absolute atomic E-state index is 0.968. The molecule has 0 radical (unpaired) electrons. The molecule has 0 unspecified atom stereocenters. The summed E-state index contributed by atoms with van der Waals surface area (Å²) < 4.78 is 409. The van der Waals surface area contributed by atoms with E-state index in [-0.39, 0.29) is 0 Å². The second-order valence-corrected chi connectivity index (χ2v) is 33.1. The molecule has 0 saturated heterocycles. The average molecular weight is 1530 g/mol. The Kier molecular flexibility index (Phi) is 28.9. The van der Waals surface area contributed by atoms with E-state index in [1.807, 2.05) is 6.20 Å². The summed E-state index contributed by atoms with van der Waals surface area (Å²) in [5.41, 5.74) is 2.28. The predicted octanol–water partition coefficient (Wildman–Crippen LogP) is 18.3. The lowest BCUT2D eigenvalue weighted by Gasteiger charge is -2.20. The highest BCUT2D eigenvalue weighted by atomic mass is 28.4. The molecule has 0 aliphatic rings. The van der Waals surface area contributed by atoms with Gasteiger partial charge in [-0.15, -0.1) is 0 Å². The van der Waals surface area contributed by atoms with Crippen molar-refractivity contribution in [2.75, 3.05) is 0 Å². The maximum Gasteiger partial charge on any atom is 0.413 e. The summed E-state index contributed by atoms with van der Waals surface area (Å²) in [6.45, 7) is 8.92. The summed E-state index contributed by atoms with van der Waals surface area (Å²) in [6, 6.07) is 8.40. The lowest BCUT2D eigenvalue weighted by atomic mass is 10.0. The normalized spacial score (nSPS) is 11.5. The van der Waals surface area contributed by atoms with Gasteiger partial charge < -0.3 is 9.41 Å². The number of unbranched alkanes of at least 4 members (excludes halogenated alkanes) is 14. The van der Waals surface area contributed by atoms with E-state index in [0.717, 1.165) is 23.7 Å². The molecule has 8 rings (SSSR count). The van der Waals surface area contributed by atoms with Crippen LogP contribution in [-0.2, 0) is 6.42 Å². The number of H-pyrrole nitrogens is 1. The summed E-state index contributed by atoms with van der Waals surface area (Å²) in [5.74, 6) is -87.1. The SMILES string of the molecule is CCCCCCCCCCCCCCCCCc1ncc(-c2ccc(O[Si](C)(C)C)cc2)[nH]1.Fc1c(F)c(F)[c]([Al]([c]2c(F)c(F)c(F)c(F)c2F)[c]2c(F)c(F)c(F)c(F)c2F)c(F)c1F.Fc1c(F)c(F)[c]([Al]([c]2c(F)c(F)c(F)c(F)c2F)[c]2c(F)c(F)c(F)c(F)c2F)c(F)c1F. The Morgan fingerprint density at radius 2 is 0.485 bits per heavy atom. The highest BCUT2D eigenvalue weighted by Crippen LogP contribution is 2.29. The number of rotatable bonds is 25. The zero-order valence-electron chi connectivity index (χ0n) is 52.5. The fraction of sp³-hybridized carbons (Fsp3) is 0.308. The molecule has 1 N–H and O–H groups in total. The Morgan fingerprint density at radius 1 is 0.287 bits per heavy atom. The van der Waals surface area contributed by atoms with Gasteiger partial charge in [-0.25, -0.2) is 137 Å². The molecular formula is C65H50Al2F30N2OSi. The molecular weight excluding hydrogens is 1480 g/mol. The van der Waals surface area contributed by atoms with Crippen LogP contribution in [0.15, 0.2) is 30.5 Å². The van der Waals surface area contributed by atoms with Gasteiger partial charge in [0.05, 0.1) is 11.9 Å². The van der Waals surface area contributed by atoms with Crippen LogP contribution >= 0.6 is 0 Å². The number of benzene rings is 7. The number of aromatic nitrogens is 2. The number of nitrogens with zero attached hydrogens (tertiary/aromatic N) is 1. The van der Waals surface area contributed by atoms with Gasteiger partial charge in [0, 0.05) is 6.42 Å². The minimum Gasteiger partial charge on any atom is -0.544 e. The first kappa shape index (κ1) is 82.7. The highest BCUT2D eigenvalue weighted by molar-refractivity contribution is 6.96. The van der Waals surface area contributed by atoms with Crippen molar-refractivity contribution in [2.45, 2.75) is 129 Å². The monoisotopic (exact) mass is 1530 g/mol. The van der Waals surface area contributed by atoms with E-state index in [2.05, 4.69) is 60.8 Å². The number of hydrogen-bond acceptors (Lipinski definition) is 2. The molecule has 0 atom stereocenters. The number of aryl methyl sites for hydroxylation is 1. The van der Waals surface area contributed by atoms with Crippen molar-refractivity contribution in [2.24, 2.45) is 0 Å². The Morgan fingerprint density at radius 3 is 0.693 bits per heavy atom. The van der Waals surface area contributed by atoms with Crippen LogP contribution in [0, 0.1) is 175 Å². The zero-order valence-corrected chi connectivity index (χ0v) is 55.9. The quantitative estimate of drug-likeness (QED) is 0.0204. The average Bonchev–Trinajstić information content (AvgIpc) is 0.827. The van der Waals surface area contributed by atoms with Gasteiger partial charge in [0.15, 0.2) is 175 Å².